The van der Waals surface area contributed by atoms with Crippen LogP contribution in [-0.4, -0.2) is 71.6 Å². The van der Waals surface area contributed by atoms with Crippen molar-refractivity contribution in [3.8, 4) is 0 Å². The Morgan fingerprint density at radius 3 is 2.95 bits per heavy atom. The first-order valence-electron chi connectivity index (χ1n) is 8.10. The van der Waals surface area contributed by atoms with E-state index in [1.54, 1.807) is 0 Å². The quantitative estimate of drug-likeness (QED) is 0.827. The normalized spacial score (nSPS) is 23.5. The minimum atomic E-state index is 0.225. The van der Waals surface area contributed by atoms with E-state index < -0.39 is 0 Å². The van der Waals surface area contributed by atoms with E-state index in [1.807, 2.05) is 24.1 Å². The minimum Gasteiger partial charge on any atom is -0.378 e. The fourth-order valence-corrected chi connectivity index (χ4v) is 3.25. The number of carbonyl (C=O) groups is 1. The van der Waals surface area contributed by atoms with Crippen LogP contribution in [0.1, 0.15) is 30.3 Å². The monoisotopic (exact) mass is 304 g/mol. The van der Waals surface area contributed by atoms with Crippen molar-refractivity contribution in [2.24, 2.45) is 0 Å². The van der Waals surface area contributed by atoms with Gasteiger partial charge in [0.15, 0.2) is 0 Å². The maximum absolute atomic E-state index is 12.4. The Morgan fingerprint density at radius 1 is 1.36 bits per heavy atom. The van der Waals surface area contributed by atoms with Crippen molar-refractivity contribution < 1.29 is 9.53 Å². The predicted octanol–water partition coefficient (Wildman–Crippen LogP) is 0.823. The Morgan fingerprint density at radius 2 is 2.18 bits per heavy atom. The van der Waals surface area contributed by atoms with Gasteiger partial charge in [0, 0.05) is 37.4 Å². The molecule has 1 unspecified atom stereocenters. The lowest BCUT2D eigenvalue weighted by atomic mass is 9.94. The summed E-state index contributed by atoms with van der Waals surface area (Å²) in [4.78, 5) is 25.3. The zero-order chi connectivity index (χ0) is 15.4. The molecule has 6 nitrogen and oxygen atoms in total. The molecule has 2 fully saturated rings. The van der Waals surface area contributed by atoms with Crippen LogP contribution in [0.15, 0.2) is 12.3 Å². The number of carbonyl (C=O) groups excluding carboxylic acids is 1. The molecule has 0 radical (unpaired) electrons. The van der Waals surface area contributed by atoms with Gasteiger partial charge in [0.25, 0.3) is 0 Å². The zero-order valence-electron chi connectivity index (χ0n) is 13.2. The molecule has 120 valence electrons. The number of ether oxygens (including phenoxy) is 1. The van der Waals surface area contributed by atoms with Gasteiger partial charge in [-0.2, -0.15) is 0 Å². The molecule has 0 saturated carbocycles. The highest BCUT2D eigenvalue weighted by Gasteiger charge is 2.26. The summed E-state index contributed by atoms with van der Waals surface area (Å²) in [6.45, 7) is 7.11. The lowest BCUT2D eigenvalue weighted by molar-refractivity contribution is -0.136. The molecule has 0 N–H and O–H groups in total. The summed E-state index contributed by atoms with van der Waals surface area (Å²) in [7, 11) is 0. The predicted molar refractivity (Wildman–Crippen MR) is 82.6 cm³/mol. The Labute approximate surface area is 131 Å². The number of aromatic nitrogens is 2. The van der Waals surface area contributed by atoms with Crippen LogP contribution in [0.2, 0.25) is 0 Å². The summed E-state index contributed by atoms with van der Waals surface area (Å²) >= 11 is 0. The maximum atomic E-state index is 12.4. The first-order valence-corrected chi connectivity index (χ1v) is 8.10. The second kappa shape index (κ2) is 7.15. The van der Waals surface area contributed by atoms with Gasteiger partial charge in [-0.15, -0.1) is 0 Å². The molecule has 0 aromatic carbocycles. The summed E-state index contributed by atoms with van der Waals surface area (Å²) in [6, 6.07) is 2.00. The Balaban J connectivity index is 1.57. The SMILES string of the molecule is Cc1nccc(C2CCCN(CC(=O)N3CCOCC3)C2)n1. The number of morpholine rings is 1. The number of aryl methyl sites for hydroxylation is 1. The van der Waals surface area contributed by atoms with Crippen molar-refractivity contribution in [3.63, 3.8) is 0 Å². The van der Waals surface area contributed by atoms with E-state index in [2.05, 4.69) is 14.9 Å². The number of rotatable bonds is 3. The molecule has 2 aliphatic rings. The van der Waals surface area contributed by atoms with Gasteiger partial charge < -0.3 is 9.64 Å². The van der Waals surface area contributed by atoms with Crippen LogP contribution in [0.4, 0.5) is 0 Å². The first kappa shape index (κ1) is 15.4. The molecule has 3 heterocycles. The van der Waals surface area contributed by atoms with E-state index in [0.717, 1.165) is 50.5 Å². The van der Waals surface area contributed by atoms with E-state index in [4.69, 9.17) is 4.74 Å². The Bertz CT molecular complexity index is 517. The van der Waals surface area contributed by atoms with Gasteiger partial charge in [-0.3, -0.25) is 9.69 Å². The summed E-state index contributed by atoms with van der Waals surface area (Å²) in [5, 5.41) is 0. The van der Waals surface area contributed by atoms with Gasteiger partial charge in [-0.1, -0.05) is 0 Å². The van der Waals surface area contributed by atoms with Crippen LogP contribution >= 0.6 is 0 Å². The van der Waals surface area contributed by atoms with Crippen LogP contribution in [0.3, 0.4) is 0 Å². The average Bonchev–Trinajstić information content (AvgIpc) is 2.56. The lowest BCUT2D eigenvalue weighted by Gasteiger charge is -2.34. The van der Waals surface area contributed by atoms with Crippen molar-refractivity contribution in [1.82, 2.24) is 19.8 Å². The average molecular weight is 304 g/mol. The molecular weight excluding hydrogens is 280 g/mol. The van der Waals surface area contributed by atoms with Gasteiger partial charge in [0.2, 0.25) is 5.91 Å². The second-order valence-corrected chi connectivity index (χ2v) is 6.10. The molecule has 1 aromatic heterocycles. The van der Waals surface area contributed by atoms with E-state index in [-0.39, 0.29) is 5.91 Å². The third-order valence-corrected chi connectivity index (χ3v) is 4.44. The molecular formula is C16H24N4O2. The van der Waals surface area contributed by atoms with Gasteiger partial charge in [0.1, 0.15) is 5.82 Å². The highest BCUT2D eigenvalue weighted by atomic mass is 16.5. The molecule has 0 bridgehead atoms. The topological polar surface area (TPSA) is 58.6 Å². The first-order chi connectivity index (χ1) is 10.7. The smallest absolute Gasteiger partial charge is 0.236 e. The van der Waals surface area contributed by atoms with Crippen LogP contribution in [-0.2, 0) is 9.53 Å². The van der Waals surface area contributed by atoms with Gasteiger partial charge >= 0.3 is 0 Å². The summed E-state index contributed by atoms with van der Waals surface area (Å²) in [5.74, 6) is 1.45. The fourth-order valence-electron chi connectivity index (χ4n) is 3.25. The molecule has 3 rings (SSSR count). The van der Waals surface area contributed by atoms with Gasteiger partial charge in [-0.25, -0.2) is 9.97 Å². The molecule has 1 amide bonds. The molecule has 1 atom stereocenters. The van der Waals surface area contributed by atoms with Crippen molar-refractivity contribution in [1.29, 1.82) is 0 Å². The number of piperidine rings is 1. The third-order valence-electron chi connectivity index (χ3n) is 4.44. The van der Waals surface area contributed by atoms with E-state index in [0.29, 0.717) is 25.7 Å². The maximum Gasteiger partial charge on any atom is 0.236 e. The number of hydrogen-bond acceptors (Lipinski definition) is 5. The highest BCUT2D eigenvalue weighted by molar-refractivity contribution is 5.78. The van der Waals surface area contributed by atoms with Gasteiger partial charge in [-0.05, 0) is 32.4 Å². The number of amides is 1. The van der Waals surface area contributed by atoms with Crippen molar-refractivity contribution >= 4 is 5.91 Å². The van der Waals surface area contributed by atoms with Crippen molar-refractivity contribution in [2.45, 2.75) is 25.7 Å². The van der Waals surface area contributed by atoms with Crippen LogP contribution < -0.4 is 0 Å². The Hall–Kier alpha value is -1.53. The molecule has 22 heavy (non-hydrogen) atoms. The van der Waals surface area contributed by atoms with Crippen LogP contribution in [0.25, 0.3) is 0 Å². The van der Waals surface area contributed by atoms with Gasteiger partial charge in [0.05, 0.1) is 19.8 Å². The third kappa shape index (κ3) is 3.81. The van der Waals surface area contributed by atoms with E-state index in [9.17, 15) is 4.79 Å². The highest BCUT2D eigenvalue weighted by Crippen LogP contribution is 2.25. The Kier molecular flexibility index (Phi) is 5.00. The largest absolute Gasteiger partial charge is 0.378 e. The van der Waals surface area contributed by atoms with E-state index in [1.165, 1.54) is 0 Å². The molecule has 1 aromatic rings. The van der Waals surface area contributed by atoms with Crippen LogP contribution in [0.5, 0.6) is 0 Å². The number of nitrogens with zero attached hydrogens (tertiary/aromatic N) is 4. The fraction of sp³-hybridized carbons (Fsp3) is 0.688. The number of hydrogen-bond donors (Lipinski definition) is 0. The minimum absolute atomic E-state index is 0.225. The van der Waals surface area contributed by atoms with Crippen molar-refractivity contribution in [3.05, 3.63) is 23.8 Å². The second-order valence-electron chi connectivity index (χ2n) is 6.10. The zero-order valence-corrected chi connectivity index (χ0v) is 13.2. The summed E-state index contributed by atoms with van der Waals surface area (Å²) in [5.41, 5.74) is 1.11. The molecule has 2 aliphatic heterocycles. The lowest BCUT2D eigenvalue weighted by Crippen LogP contribution is -2.47. The molecule has 2 saturated heterocycles. The molecule has 0 aliphatic carbocycles. The number of likely N-dealkylation sites (tertiary alicyclic amines) is 1. The summed E-state index contributed by atoms with van der Waals surface area (Å²) in [6.07, 6.45) is 4.08. The van der Waals surface area contributed by atoms with Crippen LogP contribution in [0, 0.1) is 6.92 Å². The molecule has 6 heteroatoms. The van der Waals surface area contributed by atoms with E-state index >= 15 is 0 Å². The summed E-state index contributed by atoms with van der Waals surface area (Å²) < 4.78 is 5.30. The standard InChI is InChI=1S/C16H24N4O2/c1-13-17-5-4-15(18-13)14-3-2-6-19(11-14)12-16(21)20-7-9-22-10-8-20/h4-5,14H,2-3,6-12H2,1H3. The molecule has 0 spiro atoms. The van der Waals surface area contributed by atoms with Crippen molar-refractivity contribution in [2.75, 3.05) is 45.9 Å².